The molecule has 0 spiro atoms. The smallest absolute Gasteiger partial charge is 0.175 e. The van der Waals surface area contributed by atoms with Crippen molar-refractivity contribution < 1.29 is 12.8 Å². The number of nitrogens with zero attached hydrogens (tertiary/aromatic N) is 1. The Morgan fingerprint density at radius 1 is 1.20 bits per heavy atom. The van der Waals surface area contributed by atoms with Crippen molar-refractivity contribution >= 4 is 15.5 Å². The van der Waals surface area contributed by atoms with E-state index in [1.54, 1.807) is 12.4 Å². The minimum atomic E-state index is -3.36. The maximum Gasteiger partial charge on any atom is 0.175 e. The van der Waals surface area contributed by atoms with Crippen LogP contribution in [0.1, 0.15) is 18.5 Å². The van der Waals surface area contributed by atoms with Gasteiger partial charge >= 0.3 is 0 Å². The van der Waals surface area contributed by atoms with Crippen LogP contribution in [0.2, 0.25) is 0 Å². The Hall–Kier alpha value is -1.95. The van der Waals surface area contributed by atoms with E-state index in [0.29, 0.717) is 0 Å². The lowest BCUT2D eigenvalue weighted by Crippen LogP contribution is -2.09. The van der Waals surface area contributed by atoms with Gasteiger partial charge in [-0.3, -0.25) is 4.98 Å². The van der Waals surface area contributed by atoms with Gasteiger partial charge < -0.3 is 5.32 Å². The maximum absolute atomic E-state index is 13.8. The van der Waals surface area contributed by atoms with Crippen LogP contribution in [0.15, 0.2) is 47.6 Å². The van der Waals surface area contributed by atoms with Gasteiger partial charge in [0.15, 0.2) is 9.84 Å². The summed E-state index contributed by atoms with van der Waals surface area (Å²) in [6.45, 7) is 1.86. The Labute approximate surface area is 117 Å². The van der Waals surface area contributed by atoms with E-state index in [-0.39, 0.29) is 16.6 Å². The molecule has 0 aliphatic rings. The molecule has 6 heteroatoms. The predicted octanol–water partition coefficient (Wildman–Crippen LogP) is 2.80. The van der Waals surface area contributed by atoms with Crippen LogP contribution in [0.5, 0.6) is 0 Å². The first-order valence-electron chi connectivity index (χ1n) is 6.04. The van der Waals surface area contributed by atoms with Crippen molar-refractivity contribution in [2.45, 2.75) is 17.9 Å². The molecule has 1 atom stereocenters. The first kappa shape index (κ1) is 14.5. The molecule has 4 nitrogen and oxygen atoms in total. The first-order valence-corrected chi connectivity index (χ1v) is 7.93. The lowest BCUT2D eigenvalue weighted by molar-refractivity contribution is 0.600. The van der Waals surface area contributed by atoms with Gasteiger partial charge in [-0.15, -0.1) is 0 Å². The monoisotopic (exact) mass is 294 g/mol. The number of hydrogen-bond donors (Lipinski definition) is 1. The Kier molecular flexibility index (Phi) is 4.04. The predicted molar refractivity (Wildman–Crippen MR) is 75.8 cm³/mol. The largest absolute Gasteiger partial charge is 0.376 e. The highest BCUT2D eigenvalue weighted by Gasteiger charge is 2.13. The molecule has 0 saturated carbocycles. The fourth-order valence-corrected chi connectivity index (χ4v) is 2.46. The van der Waals surface area contributed by atoms with Crippen molar-refractivity contribution in [1.82, 2.24) is 4.98 Å². The van der Waals surface area contributed by atoms with Crippen molar-refractivity contribution in [3.05, 3.63) is 54.1 Å². The number of hydrogen-bond acceptors (Lipinski definition) is 4. The van der Waals surface area contributed by atoms with E-state index in [4.69, 9.17) is 0 Å². The molecule has 2 rings (SSSR count). The van der Waals surface area contributed by atoms with Gasteiger partial charge in [-0.25, -0.2) is 12.8 Å². The van der Waals surface area contributed by atoms with Crippen molar-refractivity contribution in [3.8, 4) is 0 Å². The van der Waals surface area contributed by atoms with E-state index in [1.807, 2.05) is 19.1 Å². The van der Waals surface area contributed by atoms with Crippen molar-refractivity contribution in [2.75, 3.05) is 11.6 Å². The number of aromatic nitrogens is 1. The maximum atomic E-state index is 13.8. The van der Waals surface area contributed by atoms with Crippen LogP contribution in [-0.2, 0) is 9.84 Å². The number of halogens is 1. The Balaban J connectivity index is 2.30. The zero-order valence-corrected chi connectivity index (χ0v) is 12.0. The lowest BCUT2D eigenvalue weighted by Gasteiger charge is -2.16. The van der Waals surface area contributed by atoms with Crippen molar-refractivity contribution in [3.63, 3.8) is 0 Å². The van der Waals surface area contributed by atoms with Gasteiger partial charge in [-0.1, -0.05) is 0 Å². The second-order valence-electron chi connectivity index (χ2n) is 4.56. The van der Waals surface area contributed by atoms with Gasteiger partial charge in [0, 0.05) is 24.7 Å². The molecule has 1 heterocycles. The van der Waals surface area contributed by atoms with E-state index >= 15 is 0 Å². The van der Waals surface area contributed by atoms with E-state index in [1.165, 1.54) is 12.1 Å². The third-order valence-electron chi connectivity index (χ3n) is 2.94. The fraction of sp³-hybridized carbons (Fsp3) is 0.214. The Bertz CT molecular complexity index is 702. The molecule has 0 amide bonds. The molecule has 0 saturated heterocycles. The highest BCUT2D eigenvalue weighted by molar-refractivity contribution is 7.90. The molecule has 20 heavy (non-hydrogen) atoms. The lowest BCUT2D eigenvalue weighted by atomic mass is 10.1. The number of rotatable bonds is 4. The van der Waals surface area contributed by atoms with Crippen molar-refractivity contribution in [1.29, 1.82) is 0 Å². The van der Waals surface area contributed by atoms with E-state index < -0.39 is 15.7 Å². The average molecular weight is 294 g/mol. The number of sulfone groups is 1. The third-order valence-corrected chi connectivity index (χ3v) is 4.05. The highest BCUT2D eigenvalue weighted by Crippen LogP contribution is 2.24. The molecule has 0 aliphatic carbocycles. The number of benzene rings is 1. The molecule has 0 fully saturated rings. The molecule has 1 aromatic heterocycles. The average Bonchev–Trinajstić information content (AvgIpc) is 2.41. The minimum absolute atomic E-state index is 0.0864. The van der Waals surface area contributed by atoms with Crippen LogP contribution in [0.4, 0.5) is 10.1 Å². The van der Waals surface area contributed by atoms with Gasteiger partial charge in [-0.2, -0.15) is 0 Å². The van der Waals surface area contributed by atoms with Crippen LogP contribution in [0.3, 0.4) is 0 Å². The highest BCUT2D eigenvalue weighted by atomic mass is 32.2. The van der Waals surface area contributed by atoms with Gasteiger partial charge in [0.2, 0.25) is 0 Å². The summed E-state index contributed by atoms with van der Waals surface area (Å²) in [4.78, 5) is 4.00. The van der Waals surface area contributed by atoms with Crippen LogP contribution in [-0.4, -0.2) is 19.7 Å². The zero-order valence-electron chi connectivity index (χ0n) is 11.2. The molecule has 1 N–H and O–H groups in total. The zero-order chi connectivity index (χ0) is 14.8. The summed E-state index contributed by atoms with van der Waals surface area (Å²) in [6, 6.07) is 7.18. The summed E-state index contributed by atoms with van der Waals surface area (Å²) in [5, 5.41) is 2.97. The summed E-state index contributed by atoms with van der Waals surface area (Å²) in [7, 11) is -3.36. The molecule has 106 valence electrons. The molecule has 0 radical (unpaired) electrons. The minimum Gasteiger partial charge on any atom is -0.376 e. The van der Waals surface area contributed by atoms with Gasteiger partial charge in [0.25, 0.3) is 0 Å². The molecule has 1 unspecified atom stereocenters. The quantitative estimate of drug-likeness (QED) is 0.881. The summed E-state index contributed by atoms with van der Waals surface area (Å²) < 4.78 is 36.8. The van der Waals surface area contributed by atoms with Crippen LogP contribution in [0, 0.1) is 5.82 Å². The molecule has 2 aromatic rings. The summed E-state index contributed by atoms with van der Waals surface area (Å²) in [6.07, 6.45) is 4.39. The SMILES string of the molecule is CC(Nc1cc(S(C)(=O)=O)ccc1F)c1ccncc1. The first-order chi connectivity index (χ1) is 9.38. The molecule has 1 aromatic carbocycles. The standard InChI is InChI=1S/C14H15FN2O2S/c1-10(11-5-7-16-8-6-11)17-14-9-12(20(2,18)19)3-4-13(14)15/h3-10,17H,1-2H3. The van der Waals surface area contributed by atoms with Gasteiger partial charge in [-0.05, 0) is 42.8 Å². The second kappa shape index (κ2) is 5.58. The summed E-state index contributed by atoms with van der Waals surface area (Å²) >= 11 is 0. The van der Waals surface area contributed by atoms with E-state index in [0.717, 1.165) is 17.9 Å². The second-order valence-corrected chi connectivity index (χ2v) is 6.58. The summed E-state index contributed by atoms with van der Waals surface area (Å²) in [5.74, 6) is -0.488. The van der Waals surface area contributed by atoms with Crippen LogP contribution < -0.4 is 5.32 Å². The fourth-order valence-electron chi connectivity index (χ4n) is 1.81. The Morgan fingerprint density at radius 2 is 1.85 bits per heavy atom. The third kappa shape index (κ3) is 3.33. The number of pyridine rings is 1. The number of nitrogens with one attached hydrogen (secondary N) is 1. The number of anilines is 1. The van der Waals surface area contributed by atoms with Crippen LogP contribution >= 0.6 is 0 Å². The Morgan fingerprint density at radius 3 is 2.45 bits per heavy atom. The topological polar surface area (TPSA) is 59.1 Å². The summed E-state index contributed by atoms with van der Waals surface area (Å²) in [5.41, 5.74) is 1.10. The molecule has 0 aliphatic heterocycles. The van der Waals surface area contributed by atoms with Crippen molar-refractivity contribution in [2.24, 2.45) is 0 Å². The van der Waals surface area contributed by atoms with E-state index in [2.05, 4.69) is 10.3 Å². The normalized spacial score (nSPS) is 12.9. The molecule has 0 bridgehead atoms. The molecular weight excluding hydrogens is 279 g/mol. The van der Waals surface area contributed by atoms with Gasteiger partial charge in [0.05, 0.1) is 10.6 Å². The van der Waals surface area contributed by atoms with Crippen LogP contribution in [0.25, 0.3) is 0 Å². The molecular formula is C14H15FN2O2S. The van der Waals surface area contributed by atoms with E-state index in [9.17, 15) is 12.8 Å². The van der Waals surface area contributed by atoms with Gasteiger partial charge in [0.1, 0.15) is 5.82 Å².